The van der Waals surface area contributed by atoms with Crippen molar-refractivity contribution in [2.45, 2.75) is 13.8 Å². The van der Waals surface area contributed by atoms with Crippen LogP contribution < -0.4 is 0 Å². The van der Waals surface area contributed by atoms with Gasteiger partial charge in [0.2, 0.25) is 0 Å². The topological polar surface area (TPSA) is 13.1 Å². The van der Waals surface area contributed by atoms with Crippen LogP contribution in [0.1, 0.15) is 11.1 Å². The Morgan fingerprint density at radius 3 is 2.22 bits per heavy atom. The van der Waals surface area contributed by atoms with Gasteiger partial charge in [-0.1, -0.05) is 54.6 Å². The van der Waals surface area contributed by atoms with Crippen molar-refractivity contribution in [3.05, 3.63) is 83.9 Å². The van der Waals surface area contributed by atoms with Crippen LogP contribution in [0, 0.1) is 13.8 Å². The highest BCUT2D eigenvalue weighted by molar-refractivity contribution is 6.26. The average molecular weight is 346 g/mol. The Morgan fingerprint density at radius 2 is 1.33 bits per heavy atom. The van der Waals surface area contributed by atoms with E-state index in [1.165, 1.54) is 49.0 Å². The number of para-hydroxylation sites is 1. The molecule has 0 unspecified atom stereocenters. The summed E-state index contributed by atoms with van der Waals surface area (Å²) in [5.41, 5.74) is 4.72. The second-order valence-electron chi connectivity index (χ2n) is 7.52. The van der Waals surface area contributed by atoms with E-state index in [1.54, 1.807) is 0 Å². The van der Waals surface area contributed by atoms with Gasteiger partial charge in [-0.25, -0.2) is 0 Å². The number of hydrogen-bond acceptors (Lipinski definition) is 1. The van der Waals surface area contributed by atoms with Gasteiger partial charge in [-0.15, -0.1) is 0 Å². The zero-order chi connectivity index (χ0) is 18.1. The summed E-state index contributed by atoms with van der Waals surface area (Å²) in [5.74, 6) is 0.939. The summed E-state index contributed by atoms with van der Waals surface area (Å²) >= 11 is 0. The van der Waals surface area contributed by atoms with Gasteiger partial charge in [-0.2, -0.15) is 0 Å². The van der Waals surface area contributed by atoms with Crippen LogP contribution in [0.15, 0.2) is 77.2 Å². The molecule has 6 aromatic rings. The molecule has 0 atom stereocenters. The number of furan rings is 1. The van der Waals surface area contributed by atoms with Crippen LogP contribution in [-0.2, 0) is 0 Å². The van der Waals surface area contributed by atoms with Gasteiger partial charge in [0.05, 0.1) is 0 Å². The lowest BCUT2D eigenvalue weighted by molar-refractivity contribution is 0.632. The number of aryl methyl sites for hydroxylation is 2. The average Bonchev–Trinajstić information content (AvgIpc) is 3.12. The summed E-state index contributed by atoms with van der Waals surface area (Å²) in [6.07, 6.45) is 0. The van der Waals surface area contributed by atoms with Crippen LogP contribution in [-0.4, -0.2) is 0 Å². The molecule has 0 N–H and O–H groups in total. The standard InChI is InChI=1S/C26H18O/c1-15-7-8-17-9-10-20-16(2)13-22(21-12-11-19(15)25(17)26(20)21)24-14-18-5-3-4-6-23(18)27-24/h3-14H,1-2H3. The zero-order valence-electron chi connectivity index (χ0n) is 15.3. The van der Waals surface area contributed by atoms with Gasteiger partial charge in [0, 0.05) is 10.9 Å². The number of hydrogen-bond donors (Lipinski definition) is 0. The third kappa shape index (κ3) is 1.94. The lowest BCUT2D eigenvalue weighted by atomic mass is 9.88. The molecule has 0 saturated heterocycles. The van der Waals surface area contributed by atoms with Gasteiger partial charge in [0.15, 0.2) is 0 Å². The Hall–Kier alpha value is -3.32. The Balaban J connectivity index is 1.82. The van der Waals surface area contributed by atoms with Crippen molar-refractivity contribution in [1.82, 2.24) is 0 Å². The fourth-order valence-corrected chi connectivity index (χ4v) is 4.54. The molecule has 128 valence electrons. The van der Waals surface area contributed by atoms with Gasteiger partial charge in [0.25, 0.3) is 0 Å². The monoisotopic (exact) mass is 346 g/mol. The van der Waals surface area contributed by atoms with Crippen LogP contribution in [0.25, 0.3) is 54.6 Å². The second kappa shape index (κ2) is 5.11. The van der Waals surface area contributed by atoms with Crippen LogP contribution in [0.5, 0.6) is 0 Å². The molecule has 27 heavy (non-hydrogen) atoms. The molecule has 1 nitrogen and oxygen atoms in total. The molecular formula is C26H18O. The Kier molecular flexibility index (Phi) is 2.80. The Bertz CT molecular complexity index is 1450. The lowest BCUT2D eigenvalue weighted by Crippen LogP contribution is -1.90. The highest BCUT2D eigenvalue weighted by atomic mass is 16.3. The van der Waals surface area contributed by atoms with Crippen molar-refractivity contribution in [2.75, 3.05) is 0 Å². The van der Waals surface area contributed by atoms with E-state index in [1.807, 2.05) is 12.1 Å². The first-order valence-electron chi connectivity index (χ1n) is 9.37. The molecule has 1 aromatic heterocycles. The first-order valence-corrected chi connectivity index (χ1v) is 9.37. The van der Waals surface area contributed by atoms with Crippen molar-refractivity contribution in [3.63, 3.8) is 0 Å². The highest BCUT2D eigenvalue weighted by Crippen LogP contribution is 2.42. The quantitative estimate of drug-likeness (QED) is 0.279. The van der Waals surface area contributed by atoms with E-state index in [0.717, 1.165) is 16.7 Å². The molecule has 0 bridgehead atoms. The molecule has 5 aromatic carbocycles. The lowest BCUT2D eigenvalue weighted by Gasteiger charge is -2.16. The first-order chi connectivity index (χ1) is 13.2. The SMILES string of the molecule is Cc1ccc2ccc3c(C)cc(-c4cc5ccccc5o4)c4ccc1c2c34. The molecule has 6 rings (SSSR count). The molecule has 0 radical (unpaired) electrons. The largest absolute Gasteiger partial charge is 0.456 e. The van der Waals surface area contributed by atoms with Crippen molar-refractivity contribution >= 4 is 43.3 Å². The molecule has 0 aliphatic rings. The van der Waals surface area contributed by atoms with Crippen molar-refractivity contribution in [3.8, 4) is 11.3 Å². The molecule has 0 aliphatic carbocycles. The van der Waals surface area contributed by atoms with Crippen LogP contribution in [0.2, 0.25) is 0 Å². The van der Waals surface area contributed by atoms with Crippen molar-refractivity contribution < 1.29 is 4.42 Å². The van der Waals surface area contributed by atoms with Gasteiger partial charge in [-0.05, 0) is 75.5 Å². The molecule has 1 heterocycles. The summed E-state index contributed by atoms with van der Waals surface area (Å²) < 4.78 is 6.22. The maximum atomic E-state index is 6.22. The predicted octanol–water partition coefficient (Wildman–Crippen LogP) is 7.61. The summed E-state index contributed by atoms with van der Waals surface area (Å²) in [6.45, 7) is 4.39. The summed E-state index contributed by atoms with van der Waals surface area (Å²) in [7, 11) is 0. The highest BCUT2D eigenvalue weighted by Gasteiger charge is 2.16. The van der Waals surface area contributed by atoms with E-state index in [4.69, 9.17) is 4.42 Å². The van der Waals surface area contributed by atoms with Crippen LogP contribution >= 0.6 is 0 Å². The minimum absolute atomic E-state index is 0.937. The van der Waals surface area contributed by atoms with E-state index < -0.39 is 0 Å². The summed E-state index contributed by atoms with van der Waals surface area (Å²) in [6, 6.07) is 26.1. The minimum atomic E-state index is 0.937. The Labute approximate surface area is 157 Å². The zero-order valence-corrected chi connectivity index (χ0v) is 15.3. The summed E-state index contributed by atoms with van der Waals surface area (Å²) in [4.78, 5) is 0. The van der Waals surface area contributed by atoms with E-state index in [2.05, 4.69) is 74.5 Å². The molecule has 0 aliphatic heterocycles. The van der Waals surface area contributed by atoms with E-state index >= 15 is 0 Å². The van der Waals surface area contributed by atoms with Crippen molar-refractivity contribution in [2.24, 2.45) is 0 Å². The minimum Gasteiger partial charge on any atom is -0.456 e. The molecule has 0 fully saturated rings. The summed E-state index contributed by atoms with van der Waals surface area (Å²) in [5, 5.41) is 9.09. The molecule has 0 saturated carbocycles. The second-order valence-corrected chi connectivity index (χ2v) is 7.52. The fourth-order valence-electron chi connectivity index (χ4n) is 4.54. The van der Waals surface area contributed by atoms with Gasteiger partial charge >= 0.3 is 0 Å². The van der Waals surface area contributed by atoms with Gasteiger partial charge < -0.3 is 4.42 Å². The van der Waals surface area contributed by atoms with E-state index in [-0.39, 0.29) is 0 Å². The van der Waals surface area contributed by atoms with Crippen molar-refractivity contribution in [1.29, 1.82) is 0 Å². The van der Waals surface area contributed by atoms with Gasteiger partial charge in [-0.3, -0.25) is 0 Å². The van der Waals surface area contributed by atoms with E-state index in [0.29, 0.717) is 0 Å². The number of fused-ring (bicyclic) bond motifs is 1. The van der Waals surface area contributed by atoms with E-state index in [9.17, 15) is 0 Å². The molecule has 1 heteroatoms. The third-order valence-electron chi connectivity index (χ3n) is 5.90. The molecule has 0 spiro atoms. The predicted molar refractivity (Wildman–Crippen MR) is 115 cm³/mol. The Morgan fingerprint density at radius 1 is 0.593 bits per heavy atom. The molecule has 0 amide bonds. The third-order valence-corrected chi connectivity index (χ3v) is 5.90. The maximum Gasteiger partial charge on any atom is 0.136 e. The number of benzene rings is 5. The molecular weight excluding hydrogens is 328 g/mol. The maximum absolute atomic E-state index is 6.22. The number of rotatable bonds is 1. The van der Waals surface area contributed by atoms with Gasteiger partial charge in [0.1, 0.15) is 11.3 Å². The smallest absolute Gasteiger partial charge is 0.136 e. The first kappa shape index (κ1) is 14.8. The van der Waals surface area contributed by atoms with Crippen LogP contribution in [0.3, 0.4) is 0 Å². The van der Waals surface area contributed by atoms with Crippen LogP contribution in [0.4, 0.5) is 0 Å². The normalized spacial score (nSPS) is 12.1. The fraction of sp³-hybridized carbons (Fsp3) is 0.0769.